The van der Waals surface area contributed by atoms with Gasteiger partial charge in [0.05, 0.1) is 38.9 Å². The summed E-state index contributed by atoms with van der Waals surface area (Å²) < 4.78 is 6.11. The van der Waals surface area contributed by atoms with Crippen molar-refractivity contribution in [2.24, 2.45) is 11.3 Å². The molecule has 3 atom stereocenters. The summed E-state index contributed by atoms with van der Waals surface area (Å²) >= 11 is 6.11. The average molecular weight is 396 g/mol. The summed E-state index contributed by atoms with van der Waals surface area (Å²) in [6, 6.07) is 8.07. The number of rotatable bonds is 6. The van der Waals surface area contributed by atoms with Crippen LogP contribution in [0, 0.1) is 11.3 Å². The summed E-state index contributed by atoms with van der Waals surface area (Å²) in [6.45, 7) is 12.3. The topological polar surface area (TPSA) is 37.1 Å². The number of hydrogen-bond donors (Lipinski definition) is 2. The first-order valence-electron chi connectivity index (χ1n) is 10.4. The van der Waals surface area contributed by atoms with E-state index in [9.17, 15) is 5.11 Å². The molecule has 0 aromatic heterocycles. The molecule has 4 nitrogen and oxygen atoms in total. The van der Waals surface area contributed by atoms with E-state index in [-0.39, 0.29) is 6.10 Å². The largest absolute Gasteiger partial charge is 0.385 e. The summed E-state index contributed by atoms with van der Waals surface area (Å²) in [7, 11) is 0. The average Bonchev–Trinajstić information content (AvgIpc) is 2.59. The highest BCUT2D eigenvalue weighted by atomic mass is 35.5. The van der Waals surface area contributed by atoms with Crippen molar-refractivity contribution in [3.05, 3.63) is 29.3 Å². The predicted octanol–water partition coefficient (Wildman–Crippen LogP) is 2.64. The van der Waals surface area contributed by atoms with E-state index in [0.717, 1.165) is 50.6 Å². The lowest BCUT2D eigenvalue weighted by Gasteiger charge is -2.39. The molecule has 0 bridgehead atoms. The normalized spacial score (nSPS) is 27.5. The molecule has 1 saturated heterocycles. The molecule has 2 fully saturated rings. The van der Waals surface area contributed by atoms with Gasteiger partial charge in [-0.3, -0.25) is 0 Å². The van der Waals surface area contributed by atoms with E-state index in [1.165, 1.54) is 17.0 Å². The Morgan fingerprint density at radius 1 is 1.30 bits per heavy atom. The quantitative estimate of drug-likeness (QED) is 0.777. The second-order valence-corrected chi connectivity index (χ2v) is 9.88. The van der Waals surface area contributed by atoms with Crippen LogP contribution in [0.3, 0.4) is 0 Å². The van der Waals surface area contributed by atoms with Gasteiger partial charge < -0.3 is 19.6 Å². The number of ether oxygens (including phenoxy) is 1. The molecule has 0 unspecified atom stereocenters. The van der Waals surface area contributed by atoms with Crippen molar-refractivity contribution in [1.29, 1.82) is 0 Å². The zero-order valence-electron chi connectivity index (χ0n) is 17.1. The fourth-order valence-electron chi connectivity index (χ4n) is 4.98. The van der Waals surface area contributed by atoms with Crippen molar-refractivity contribution in [1.82, 2.24) is 0 Å². The van der Waals surface area contributed by atoms with E-state index < -0.39 is 0 Å². The zero-order valence-corrected chi connectivity index (χ0v) is 17.8. The van der Waals surface area contributed by atoms with E-state index in [2.05, 4.69) is 31.7 Å². The molecule has 0 radical (unpaired) electrons. The maximum Gasteiger partial charge on any atom is 0.126 e. The van der Waals surface area contributed by atoms with Crippen molar-refractivity contribution in [3.63, 3.8) is 0 Å². The molecule has 2 aliphatic rings. The first kappa shape index (κ1) is 20.9. The Hall–Kier alpha value is -0.810. The molecule has 2 N–H and O–H groups in total. The number of halogens is 1. The second kappa shape index (κ2) is 9.13. The third-order valence-corrected chi connectivity index (χ3v) is 6.27. The lowest BCUT2D eigenvalue weighted by Crippen LogP contribution is -3.16. The third kappa shape index (κ3) is 6.35. The molecule has 3 rings (SSSR count). The number of nitrogens with zero attached hydrogens (tertiary/aromatic N) is 1. The number of anilines is 1. The summed E-state index contributed by atoms with van der Waals surface area (Å²) in [5.41, 5.74) is 1.55. The van der Waals surface area contributed by atoms with E-state index in [0.29, 0.717) is 24.0 Å². The van der Waals surface area contributed by atoms with Gasteiger partial charge in [0.25, 0.3) is 0 Å². The Bertz CT molecular complexity index is 602. The Kier molecular flexibility index (Phi) is 7.07. The minimum absolute atomic E-state index is 0.299. The Morgan fingerprint density at radius 2 is 2.04 bits per heavy atom. The molecule has 0 spiro atoms. The number of hydrogen-bond acceptors (Lipinski definition) is 3. The molecule has 1 aliphatic heterocycles. The predicted molar refractivity (Wildman–Crippen MR) is 112 cm³/mol. The molecule has 1 aromatic rings. The van der Waals surface area contributed by atoms with Crippen LogP contribution in [0.2, 0.25) is 5.02 Å². The number of benzene rings is 1. The summed E-state index contributed by atoms with van der Waals surface area (Å²) in [4.78, 5) is 3.84. The van der Waals surface area contributed by atoms with Crippen LogP contribution in [-0.2, 0) is 4.74 Å². The highest BCUT2D eigenvalue weighted by Crippen LogP contribution is 2.39. The maximum atomic E-state index is 10.5. The van der Waals surface area contributed by atoms with Gasteiger partial charge in [-0.05, 0) is 48.8 Å². The standard InChI is InChI=1S/C22H35ClN2O2/c1-17-11-21(14-22(2,3)13-17)27-16-20(26)15-24-7-9-25(10-8-24)19-6-4-5-18(23)12-19/h4-6,12,17,20-21,26H,7-11,13-16H2,1-3H3/p+1/t17-,20+,21+/m0/s1. The Morgan fingerprint density at radius 3 is 2.70 bits per heavy atom. The second-order valence-electron chi connectivity index (χ2n) is 9.44. The fraction of sp³-hybridized carbons (Fsp3) is 0.727. The minimum Gasteiger partial charge on any atom is -0.385 e. The highest BCUT2D eigenvalue weighted by Gasteiger charge is 2.33. The molecule has 1 aliphatic carbocycles. The molecule has 1 heterocycles. The molecule has 1 saturated carbocycles. The van der Waals surface area contributed by atoms with Gasteiger partial charge in [0.15, 0.2) is 0 Å². The van der Waals surface area contributed by atoms with Crippen LogP contribution in [0.5, 0.6) is 0 Å². The third-order valence-electron chi connectivity index (χ3n) is 6.04. The first-order valence-corrected chi connectivity index (χ1v) is 10.8. The van der Waals surface area contributed by atoms with Gasteiger partial charge in [-0.2, -0.15) is 0 Å². The van der Waals surface area contributed by atoms with Crippen molar-refractivity contribution in [2.75, 3.05) is 44.2 Å². The van der Waals surface area contributed by atoms with Crippen molar-refractivity contribution < 1.29 is 14.7 Å². The van der Waals surface area contributed by atoms with E-state index in [1.807, 2.05) is 18.2 Å². The highest BCUT2D eigenvalue weighted by molar-refractivity contribution is 6.30. The van der Waals surface area contributed by atoms with Crippen LogP contribution in [-0.4, -0.2) is 56.6 Å². The van der Waals surface area contributed by atoms with E-state index >= 15 is 0 Å². The summed E-state index contributed by atoms with van der Waals surface area (Å²) in [5.74, 6) is 0.709. The molecule has 1 aromatic carbocycles. The van der Waals surface area contributed by atoms with Crippen LogP contribution in [0.25, 0.3) is 0 Å². The number of aliphatic hydroxyl groups is 1. The van der Waals surface area contributed by atoms with Crippen molar-refractivity contribution >= 4 is 17.3 Å². The number of nitrogens with one attached hydrogen (secondary N) is 1. The molecule has 152 valence electrons. The van der Waals surface area contributed by atoms with Crippen molar-refractivity contribution in [3.8, 4) is 0 Å². The van der Waals surface area contributed by atoms with Crippen LogP contribution >= 0.6 is 11.6 Å². The van der Waals surface area contributed by atoms with Crippen LogP contribution < -0.4 is 9.80 Å². The Balaban J connectivity index is 1.39. The lowest BCUT2D eigenvalue weighted by atomic mass is 9.71. The van der Waals surface area contributed by atoms with Gasteiger partial charge in [-0.25, -0.2) is 0 Å². The van der Waals surface area contributed by atoms with Gasteiger partial charge in [-0.1, -0.05) is 38.4 Å². The molecular formula is C22H36ClN2O2+. The molecule has 0 amide bonds. The molecule has 27 heavy (non-hydrogen) atoms. The minimum atomic E-state index is -0.377. The smallest absolute Gasteiger partial charge is 0.126 e. The lowest BCUT2D eigenvalue weighted by molar-refractivity contribution is -0.903. The summed E-state index contributed by atoms with van der Waals surface area (Å²) in [5, 5.41) is 11.3. The van der Waals surface area contributed by atoms with Crippen LogP contribution in [0.1, 0.15) is 40.0 Å². The van der Waals surface area contributed by atoms with Gasteiger partial charge in [0, 0.05) is 10.7 Å². The van der Waals surface area contributed by atoms with E-state index in [4.69, 9.17) is 16.3 Å². The number of aliphatic hydroxyl groups excluding tert-OH is 1. The monoisotopic (exact) mass is 395 g/mol. The maximum absolute atomic E-state index is 10.5. The SMILES string of the molecule is C[C@H]1C[C@@H](OC[C@H](O)C[NH+]2CCN(c3cccc(Cl)c3)CC2)CC(C)(C)C1. The van der Waals surface area contributed by atoms with Crippen LogP contribution in [0.4, 0.5) is 5.69 Å². The van der Waals surface area contributed by atoms with E-state index in [1.54, 1.807) is 0 Å². The number of piperazine rings is 1. The number of quaternary nitrogens is 1. The fourth-order valence-corrected chi connectivity index (χ4v) is 5.17. The van der Waals surface area contributed by atoms with Gasteiger partial charge in [0.1, 0.15) is 12.6 Å². The Labute approximate surface area is 169 Å². The summed E-state index contributed by atoms with van der Waals surface area (Å²) in [6.07, 6.45) is 3.43. The zero-order chi connectivity index (χ0) is 19.4. The van der Waals surface area contributed by atoms with Gasteiger partial charge >= 0.3 is 0 Å². The molecule has 5 heteroatoms. The first-order chi connectivity index (χ1) is 12.8. The van der Waals surface area contributed by atoms with Crippen LogP contribution in [0.15, 0.2) is 24.3 Å². The van der Waals surface area contributed by atoms with Gasteiger partial charge in [-0.15, -0.1) is 0 Å². The van der Waals surface area contributed by atoms with Gasteiger partial charge in [0.2, 0.25) is 0 Å². The molecular weight excluding hydrogens is 360 g/mol. The van der Waals surface area contributed by atoms with Crippen molar-refractivity contribution in [2.45, 2.75) is 52.2 Å².